The number of anilines is 1. The maximum absolute atomic E-state index is 13.4. The van der Waals surface area contributed by atoms with Crippen molar-refractivity contribution in [3.05, 3.63) is 111 Å². The van der Waals surface area contributed by atoms with Gasteiger partial charge in [0.25, 0.3) is 11.8 Å². The van der Waals surface area contributed by atoms with Crippen molar-refractivity contribution >= 4 is 67.9 Å². The van der Waals surface area contributed by atoms with Crippen molar-refractivity contribution in [2.45, 2.75) is 6.61 Å². The molecule has 0 bridgehead atoms. The second kappa shape index (κ2) is 9.97. The Labute approximate surface area is 220 Å². The Morgan fingerprint density at radius 2 is 1.61 bits per heavy atom. The Morgan fingerprint density at radius 3 is 2.39 bits per heavy atom. The lowest BCUT2D eigenvalue weighted by molar-refractivity contribution is -0.122. The second-order valence-corrected chi connectivity index (χ2v) is 9.34. The van der Waals surface area contributed by atoms with Crippen LogP contribution in [0.5, 0.6) is 5.75 Å². The molecule has 0 atom stereocenters. The van der Waals surface area contributed by atoms with Crippen molar-refractivity contribution in [2.75, 3.05) is 4.90 Å². The summed E-state index contributed by atoms with van der Waals surface area (Å²) in [6.07, 6.45) is 1.47. The Hall–Kier alpha value is -3.94. The minimum absolute atomic E-state index is 0.184. The van der Waals surface area contributed by atoms with Gasteiger partial charge in [-0.3, -0.25) is 14.9 Å². The maximum atomic E-state index is 13.4. The van der Waals surface area contributed by atoms with Crippen LogP contribution >= 0.6 is 27.5 Å². The van der Waals surface area contributed by atoms with E-state index in [1.54, 1.807) is 36.4 Å². The minimum atomic E-state index is -0.808. The highest BCUT2D eigenvalue weighted by Gasteiger charge is 2.37. The van der Waals surface area contributed by atoms with Gasteiger partial charge in [0.15, 0.2) is 0 Å². The van der Waals surface area contributed by atoms with Crippen LogP contribution in [0.15, 0.2) is 95.0 Å². The topological polar surface area (TPSA) is 75.7 Å². The highest BCUT2D eigenvalue weighted by molar-refractivity contribution is 9.10. The molecule has 0 radical (unpaired) electrons. The summed E-state index contributed by atoms with van der Waals surface area (Å²) in [7, 11) is 0. The fourth-order valence-electron chi connectivity index (χ4n) is 3.95. The highest BCUT2D eigenvalue weighted by atomic mass is 79.9. The average molecular weight is 562 g/mol. The molecule has 0 aromatic heterocycles. The number of nitrogens with zero attached hydrogens (tertiary/aromatic N) is 1. The molecule has 1 aliphatic heterocycles. The largest absolute Gasteiger partial charge is 0.488 e. The van der Waals surface area contributed by atoms with Crippen LogP contribution in [0.4, 0.5) is 10.5 Å². The molecule has 36 heavy (non-hydrogen) atoms. The van der Waals surface area contributed by atoms with Gasteiger partial charge < -0.3 is 4.74 Å². The molecule has 1 fully saturated rings. The number of hydrogen-bond donors (Lipinski definition) is 1. The first-order valence-corrected chi connectivity index (χ1v) is 12.1. The highest BCUT2D eigenvalue weighted by Crippen LogP contribution is 2.33. The average Bonchev–Trinajstić information content (AvgIpc) is 2.87. The number of nitrogens with one attached hydrogen (secondary N) is 1. The molecule has 5 rings (SSSR count). The molecule has 178 valence electrons. The number of barbiturate groups is 1. The summed E-state index contributed by atoms with van der Waals surface area (Å²) in [5.41, 5.74) is 1.50. The van der Waals surface area contributed by atoms with Crippen LogP contribution in [-0.4, -0.2) is 17.8 Å². The first-order chi connectivity index (χ1) is 17.4. The fraction of sp³-hybridized carbons (Fsp3) is 0.0357. The molecule has 0 saturated carbocycles. The molecule has 6 nitrogen and oxygen atoms in total. The molecule has 1 aliphatic rings. The van der Waals surface area contributed by atoms with Gasteiger partial charge in [-0.05, 0) is 53.2 Å². The van der Waals surface area contributed by atoms with Crippen LogP contribution in [0.3, 0.4) is 0 Å². The third kappa shape index (κ3) is 4.63. The first-order valence-electron chi connectivity index (χ1n) is 11.0. The molecular weight excluding hydrogens is 544 g/mol. The van der Waals surface area contributed by atoms with Gasteiger partial charge in [0, 0.05) is 20.6 Å². The number of rotatable bonds is 5. The van der Waals surface area contributed by atoms with Crippen molar-refractivity contribution in [2.24, 2.45) is 0 Å². The standard InChI is InChI=1S/C28H18BrClN2O4/c29-19-10-12-20(13-11-19)32-27(34)23(26(33)31-28(32)35)15-22-21-7-3-1-5-17(21)9-14-25(22)36-16-18-6-2-4-8-24(18)30/h1-15H,16H2,(H,31,33,35)/b23-15+. The van der Waals surface area contributed by atoms with Gasteiger partial charge in [0.1, 0.15) is 17.9 Å². The summed E-state index contributed by atoms with van der Waals surface area (Å²) in [4.78, 5) is 39.7. The zero-order valence-electron chi connectivity index (χ0n) is 18.7. The van der Waals surface area contributed by atoms with Gasteiger partial charge in [-0.15, -0.1) is 0 Å². The quantitative estimate of drug-likeness (QED) is 0.223. The summed E-state index contributed by atoms with van der Waals surface area (Å²) < 4.78 is 6.90. The molecular formula is C28H18BrClN2O4. The van der Waals surface area contributed by atoms with E-state index in [1.165, 1.54) is 6.08 Å². The molecule has 8 heteroatoms. The van der Waals surface area contributed by atoms with Crippen molar-refractivity contribution in [1.82, 2.24) is 5.32 Å². The molecule has 1 N–H and O–H groups in total. The van der Waals surface area contributed by atoms with E-state index in [2.05, 4.69) is 21.2 Å². The molecule has 0 unspecified atom stereocenters. The summed E-state index contributed by atoms with van der Waals surface area (Å²) in [6, 6.07) is 24.4. The minimum Gasteiger partial charge on any atom is -0.488 e. The maximum Gasteiger partial charge on any atom is 0.335 e. The number of imide groups is 2. The van der Waals surface area contributed by atoms with Crippen LogP contribution < -0.4 is 15.0 Å². The van der Waals surface area contributed by atoms with Gasteiger partial charge >= 0.3 is 6.03 Å². The van der Waals surface area contributed by atoms with Crippen molar-refractivity contribution in [3.8, 4) is 5.75 Å². The summed E-state index contributed by atoms with van der Waals surface area (Å²) >= 11 is 9.63. The lowest BCUT2D eigenvalue weighted by Crippen LogP contribution is -2.54. The number of carbonyl (C=O) groups is 3. The predicted octanol–water partition coefficient (Wildman–Crippen LogP) is 6.50. The van der Waals surface area contributed by atoms with E-state index in [0.29, 0.717) is 22.0 Å². The van der Waals surface area contributed by atoms with E-state index in [-0.39, 0.29) is 12.2 Å². The Balaban J connectivity index is 1.59. The number of urea groups is 1. The molecule has 1 saturated heterocycles. The Bertz CT molecular complexity index is 1550. The lowest BCUT2D eigenvalue weighted by atomic mass is 9.99. The van der Waals surface area contributed by atoms with Gasteiger partial charge in [-0.25, -0.2) is 9.69 Å². The van der Waals surface area contributed by atoms with Crippen molar-refractivity contribution in [3.63, 3.8) is 0 Å². The van der Waals surface area contributed by atoms with Crippen LogP contribution in [0.1, 0.15) is 11.1 Å². The zero-order chi connectivity index (χ0) is 25.2. The predicted molar refractivity (Wildman–Crippen MR) is 143 cm³/mol. The van der Waals surface area contributed by atoms with Crippen LogP contribution in [0, 0.1) is 0 Å². The molecule has 0 spiro atoms. The number of halogens is 2. The van der Waals surface area contributed by atoms with Crippen molar-refractivity contribution < 1.29 is 19.1 Å². The Kier molecular flexibility index (Phi) is 6.59. The number of benzene rings is 4. The number of fused-ring (bicyclic) bond motifs is 1. The van der Waals surface area contributed by atoms with Gasteiger partial charge in [0.2, 0.25) is 0 Å². The third-order valence-electron chi connectivity index (χ3n) is 5.75. The third-order valence-corrected chi connectivity index (χ3v) is 6.64. The summed E-state index contributed by atoms with van der Waals surface area (Å²) in [6.45, 7) is 0.192. The first kappa shape index (κ1) is 23.8. The van der Waals surface area contributed by atoms with E-state index >= 15 is 0 Å². The summed E-state index contributed by atoms with van der Waals surface area (Å²) in [5, 5.41) is 4.53. The van der Waals surface area contributed by atoms with E-state index in [9.17, 15) is 14.4 Å². The van der Waals surface area contributed by atoms with Crippen LogP contribution in [0.25, 0.3) is 16.8 Å². The van der Waals surface area contributed by atoms with Crippen molar-refractivity contribution in [1.29, 1.82) is 0 Å². The fourth-order valence-corrected chi connectivity index (χ4v) is 4.40. The summed E-state index contributed by atoms with van der Waals surface area (Å²) in [5.74, 6) is -1.03. The molecule has 4 amide bonds. The molecule has 4 aromatic carbocycles. The van der Waals surface area contributed by atoms with Gasteiger partial charge in [-0.2, -0.15) is 0 Å². The zero-order valence-corrected chi connectivity index (χ0v) is 21.0. The smallest absolute Gasteiger partial charge is 0.335 e. The van der Waals surface area contributed by atoms with Gasteiger partial charge in [-0.1, -0.05) is 76.1 Å². The number of hydrogen-bond acceptors (Lipinski definition) is 4. The number of carbonyl (C=O) groups excluding carboxylic acids is 3. The monoisotopic (exact) mass is 560 g/mol. The molecule has 4 aromatic rings. The van der Waals surface area contributed by atoms with E-state index in [0.717, 1.165) is 25.7 Å². The number of amides is 4. The van der Waals surface area contributed by atoms with E-state index in [1.807, 2.05) is 48.5 Å². The Morgan fingerprint density at radius 1 is 0.889 bits per heavy atom. The van der Waals surface area contributed by atoms with Crippen LogP contribution in [-0.2, 0) is 16.2 Å². The lowest BCUT2D eigenvalue weighted by Gasteiger charge is -2.26. The van der Waals surface area contributed by atoms with Gasteiger partial charge in [0.05, 0.1) is 5.69 Å². The van der Waals surface area contributed by atoms with E-state index in [4.69, 9.17) is 16.3 Å². The second-order valence-electron chi connectivity index (χ2n) is 8.01. The molecule has 0 aliphatic carbocycles. The number of ether oxygens (including phenoxy) is 1. The molecule has 1 heterocycles. The van der Waals surface area contributed by atoms with E-state index < -0.39 is 17.8 Å². The normalized spacial score (nSPS) is 14.9. The SMILES string of the molecule is O=C1NC(=O)N(c2ccc(Br)cc2)C(=O)/C1=C/c1c(OCc2ccccc2Cl)ccc2ccccc12. The van der Waals surface area contributed by atoms with Crippen LogP contribution in [0.2, 0.25) is 5.02 Å².